The molecular weight excluding hydrogens is 1280 g/mol. The largest absolute Gasteiger partial charge is 0.472 e. The molecule has 0 saturated carbocycles. The normalized spacial score (nSPS) is 14.3. The molecule has 0 saturated heterocycles. The Labute approximate surface area is 600 Å². The predicted molar refractivity (Wildman–Crippen MR) is 400 cm³/mol. The maximum Gasteiger partial charge on any atom is 0.472 e. The molecule has 0 amide bonds. The number of phosphoric acid groups is 2. The number of phosphoric ester groups is 2. The second-order valence-corrected chi connectivity index (χ2v) is 33.0. The number of carbonyl (C=O) groups excluding carboxylic acids is 4. The smallest absolute Gasteiger partial charge is 0.462 e. The van der Waals surface area contributed by atoms with Crippen LogP contribution in [-0.4, -0.2) is 96.7 Å². The van der Waals surface area contributed by atoms with Crippen molar-refractivity contribution in [2.75, 3.05) is 39.6 Å². The van der Waals surface area contributed by atoms with E-state index in [-0.39, 0.29) is 25.7 Å². The lowest BCUT2D eigenvalue weighted by Gasteiger charge is -2.21. The Morgan fingerprint density at radius 1 is 0.286 bits per heavy atom. The average Bonchev–Trinajstić information content (AvgIpc) is 1.10. The topological polar surface area (TPSA) is 237 Å². The van der Waals surface area contributed by atoms with Gasteiger partial charge in [-0.2, -0.15) is 0 Å². The van der Waals surface area contributed by atoms with Gasteiger partial charge < -0.3 is 33.8 Å². The third kappa shape index (κ3) is 71.1. The predicted octanol–water partition coefficient (Wildman–Crippen LogP) is 23.2. The number of hydrogen-bond donors (Lipinski definition) is 3. The fraction of sp³-hybridized carbons (Fsp3) is 0.949. The zero-order valence-electron chi connectivity index (χ0n) is 64.4. The van der Waals surface area contributed by atoms with Crippen molar-refractivity contribution in [2.24, 2.45) is 23.7 Å². The molecule has 0 fully saturated rings. The highest BCUT2D eigenvalue weighted by Gasteiger charge is 2.30. The zero-order chi connectivity index (χ0) is 72.4. The molecule has 0 heterocycles. The molecule has 0 aliphatic heterocycles. The summed E-state index contributed by atoms with van der Waals surface area (Å²) in [6.07, 6.45) is 54.3. The van der Waals surface area contributed by atoms with E-state index in [1.54, 1.807) is 0 Å². The lowest BCUT2D eigenvalue weighted by Crippen LogP contribution is -2.30. The van der Waals surface area contributed by atoms with Crippen LogP contribution >= 0.6 is 15.6 Å². The molecule has 0 aromatic rings. The molecule has 98 heavy (non-hydrogen) atoms. The SMILES string of the molecule is CCC(C)CCCCCCCCCCCCCCCCCCCCC(=O)O[C@H](COC(=O)CCCCCCCCCCCCCCC(C)C)COP(=O)(O)OCC(O)COP(=O)(O)OC[C@@H](COC(=O)CCCCCCCCCCC(C)C)OC(=O)CCCCCCCCCC(C)C. The molecule has 4 unspecified atom stereocenters. The summed E-state index contributed by atoms with van der Waals surface area (Å²) in [5, 5.41) is 10.6. The van der Waals surface area contributed by atoms with Crippen LogP contribution in [0.2, 0.25) is 0 Å². The lowest BCUT2D eigenvalue weighted by atomic mass is 9.99. The molecule has 0 aliphatic carbocycles. The Kier molecular flexibility index (Phi) is 66.8. The summed E-state index contributed by atoms with van der Waals surface area (Å²) in [5.74, 6) is 0.954. The van der Waals surface area contributed by atoms with Crippen molar-refractivity contribution in [2.45, 2.75) is 420 Å². The van der Waals surface area contributed by atoms with E-state index in [4.69, 9.17) is 37.0 Å². The summed E-state index contributed by atoms with van der Waals surface area (Å²) >= 11 is 0. The summed E-state index contributed by atoms with van der Waals surface area (Å²) in [5.41, 5.74) is 0. The lowest BCUT2D eigenvalue weighted by molar-refractivity contribution is -0.161. The number of rotatable bonds is 76. The van der Waals surface area contributed by atoms with E-state index in [0.29, 0.717) is 31.6 Å². The zero-order valence-corrected chi connectivity index (χ0v) is 66.2. The van der Waals surface area contributed by atoms with Gasteiger partial charge in [0, 0.05) is 25.7 Å². The third-order valence-electron chi connectivity index (χ3n) is 18.7. The van der Waals surface area contributed by atoms with Gasteiger partial charge in [-0.3, -0.25) is 37.3 Å². The van der Waals surface area contributed by atoms with Crippen LogP contribution < -0.4 is 0 Å². The fourth-order valence-corrected chi connectivity index (χ4v) is 13.6. The second kappa shape index (κ2) is 68.2. The third-order valence-corrected chi connectivity index (χ3v) is 20.6. The molecule has 0 rings (SSSR count). The van der Waals surface area contributed by atoms with Crippen LogP contribution in [0.4, 0.5) is 0 Å². The Hall–Kier alpha value is -1.94. The summed E-state index contributed by atoms with van der Waals surface area (Å²) < 4.78 is 68.6. The quantitative estimate of drug-likeness (QED) is 0.0222. The minimum atomic E-state index is -4.96. The fourth-order valence-electron chi connectivity index (χ4n) is 12.0. The summed E-state index contributed by atoms with van der Waals surface area (Å²) in [7, 11) is -9.92. The molecular formula is C79H154O17P2. The van der Waals surface area contributed by atoms with E-state index in [1.807, 2.05) is 0 Å². The molecule has 17 nitrogen and oxygen atoms in total. The highest BCUT2D eigenvalue weighted by molar-refractivity contribution is 7.47. The van der Waals surface area contributed by atoms with E-state index in [0.717, 1.165) is 108 Å². The van der Waals surface area contributed by atoms with Gasteiger partial charge in [0.05, 0.1) is 26.4 Å². The van der Waals surface area contributed by atoms with Crippen molar-refractivity contribution in [3.05, 3.63) is 0 Å². The van der Waals surface area contributed by atoms with Crippen molar-refractivity contribution >= 4 is 39.5 Å². The first-order valence-electron chi connectivity index (χ1n) is 40.7. The van der Waals surface area contributed by atoms with Crippen molar-refractivity contribution in [3.8, 4) is 0 Å². The first-order chi connectivity index (χ1) is 47.1. The van der Waals surface area contributed by atoms with E-state index >= 15 is 0 Å². The molecule has 0 aromatic carbocycles. The van der Waals surface area contributed by atoms with Crippen LogP contribution in [0.15, 0.2) is 0 Å². The second-order valence-electron chi connectivity index (χ2n) is 30.1. The minimum Gasteiger partial charge on any atom is -0.462 e. The molecule has 6 atom stereocenters. The maximum absolute atomic E-state index is 13.1. The van der Waals surface area contributed by atoms with Gasteiger partial charge >= 0.3 is 39.5 Å². The molecule has 0 aliphatic rings. The van der Waals surface area contributed by atoms with Crippen molar-refractivity contribution < 1.29 is 80.2 Å². The van der Waals surface area contributed by atoms with Gasteiger partial charge in [0.2, 0.25) is 0 Å². The minimum absolute atomic E-state index is 0.103. The number of aliphatic hydroxyl groups excluding tert-OH is 1. The number of aliphatic hydroxyl groups is 1. The maximum atomic E-state index is 13.1. The van der Waals surface area contributed by atoms with Crippen LogP contribution in [0.5, 0.6) is 0 Å². The molecule has 0 bridgehead atoms. The monoisotopic (exact) mass is 1440 g/mol. The first kappa shape index (κ1) is 96.1. The van der Waals surface area contributed by atoms with Crippen molar-refractivity contribution in [3.63, 3.8) is 0 Å². The van der Waals surface area contributed by atoms with Gasteiger partial charge in [0.15, 0.2) is 12.2 Å². The van der Waals surface area contributed by atoms with Gasteiger partial charge in [0.1, 0.15) is 19.3 Å². The van der Waals surface area contributed by atoms with Crippen LogP contribution in [-0.2, 0) is 65.4 Å². The van der Waals surface area contributed by atoms with Crippen LogP contribution in [0, 0.1) is 23.7 Å². The summed E-state index contributed by atoms with van der Waals surface area (Å²) in [4.78, 5) is 72.9. The highest BCUT2D eigenvalue weighted by atomic mass is 31.2. The Balaban J connectivity index is 5.20. The van der Waals surface area contributed by atoms with Gasteiger partial charge in [-0.25, -0.2) is 9.13 Å². The molecule has 0 radical (unpaired) electrons. The Morgan fingerprint density at radius 3 is 0.724 bits per heavy atom. The van der Waals surface area contributed by atoms with Crippen LogP contribution in [0.3, 0.4) is 0 Å². The summed E-state index contributed by atoms with van der Waals surface area (Å²) in [6.45, 7) is 14.2. The van der Waals surface area contributed by atoms with Gasteiger partial charge in [-0.1, -0.05) is 351 Å². The molecule has 0 spiro atoms. The first-order valence-corrected chi connectivity index (χ1v) is 43.7. The Morgan fingerprint density at radius 2 is 0.490 bits per heavy atom. The number of esters is 4. The van der Waals surface area contributed by atoms with Crippen molar-refractivity contribution in [1.29, 1.82) is 0 Å². The molecule has 19 heteroatoms. The number of hydrogen-bond acceptors (Lipinski definition) is 15. The molecule has 0 aromatic heterocycles. The van der Waals surface area contributed by atoms with Crippen LogP contribution in [0.25, 0.3) is 0 Å². The number of unbranched alkanes of at least 4 members (excludes halogenated alkanes) is 41. The summed E-state index contributed by atoms with van der Waals surface area (Å²) in [6, 6.07) is 0. The van der Waals surface area contributed by atoms with Gasteiger partial charge in [-0.15, -0.1) is 0 Å². The number of carbonyl (C=O) groups is 4. The molecule has 3 N–H and O–H groups in total. The molecule has 582 valence electrons. The van der Waals surface area contributed by atoms with E-state index in [1.165, 1.54) is 205 Å². The highest BCUT2D eigenvalue weighted by Crippen LogP contribution is 2.45. The van der Waals surface area contributed by atoms with E-state index in [9.17, 15) is 43.2 Å². The van der Waals surface area contributed by atoms with Gasteiger partial charge in [0.25, 0.3) is 0 Å². The Bertz CT molecular complexity index is 1920. The number of ether oxygens (including phenoxy) is 4. The van der Waals surface area contributed by atoms with Gasteiger partial charge in [-0.05, 0) is 49.4 Å². The van der Waals surface area contributed by atoms with Crippen molar-refractivity contribution in [1.82, 2.24) is 0 Å². The van der Waals surface area contributed by atoms with E-state index in [2.05, 4.69) is 55.4 Å². The van der Waals surface area contributed by atoms with Crippen LogP contribution in [0.1, 0.15) is 402 Å². The van der Waals surface area contributed by atoms with E-state index < -0.39 is 97.5 Å². The standard InChI is InChI=1S/C79H154O17P2/c1-9-72(8)58-50-42-34-25-21-16-14-12-10-11-13-15-17-23-27-37-45-53-61-78(83)95-74(65-89-76(81)59-51-43-35-26-22-19-18-20-24-31-39-47-55-69(2)3)67-93-97(85,86)91-63-73(80)64-92-98(87,88)94-68-75(96-79(84)62-54-46-38-30-33-41-49-57-71(6)7)66-90-77(82)60-52-44-36-29-28-32-40-48-56-70(4)5/h69-75,80H,9-68H2,1-8H3,(H,85,86)(H,87,88)/t72?,73?,74-,75-/m1/s1. The average molecular weight is 1440 g/mol.